The molecule has 4 N–H and O–H groups in total. The molecular weight excluding hydrogens is 332 g/mol. The summed E-state index contributed by atoms with van der Waals surface area (Å²) in [6, 6.07) is -0.881. The van der Waals surface area contributed by atoms with Crippen LogP contribution in [-0.2, 0) is 14.4 Å². The SMILES string of the molecule is CC(C)CCCCNC(=O)C[C@H]1NC(=O)[C@@H](CCCNC(C)C)NC1=O. The second kappa shape index (κ2) is 11.9. The Bertz CT molecular complexity index is 464. The maximum Gasteiger partial charge on any atom is 0.243 e. The molecule has 0 bridgehead atoms. The Labute approximate surface area is 157 Å². The highest BCUT2D eigenvalue weighted by Crippen LogP contribution is 2.07. The maximum atomic E-state index is 12.2. The maximum absolute atomic E-state index is 12.2. The fraction of sp³-hybridized carbons (Fsp3) is 0.842. The lowest BCUT2D eigenvalue weighted by Gasteiger charge is -2.29. The van der Waals surface area contributed by atoms with Gasteiger partial charge in [0.25, 0.3) is 0 Å². The van der Waals surface area contributed by atoms with Crippen molar-refractivity contribution in [1.29, 1.82) is 0 Å². The van der Waals surface area contributed by atoms with Crippen molar-refractivity contribution < 1.29 is 14.4 Å². The number of nitrogens with one attached hydrogen (secondary N) is 4. The van der Waals surface area contributed by atoms with E-state index in [0.29, 0.717) is 24.9 Å². The largest absolute Gasteiger partial charge is 0.356 e. The number of unbranched alkanes of at least 4 members (excludes halogenated alkanes) is 1. The Hall–Kier alpha value is -1.63. The minimum absolute atomic E-state index is 0.0105. The summed E-state index contributed by atoms with van der Waals surface area (Å²) in [6.45, 7) is 9.90. The van der Waals surface area contributed by atoms with Crippen LogP contribution in [0, 0.1) is 5.92 Å². The third-order valence-corrected chi connectivity index (χ3v) is 4.41. The van der Waals surface area contributed by atoms with Crippen LogP contribution in [0.3, 0.4) is 0 Å². The number of amides is 3. The van der Waals surface area contributed by atoms with E-state index in [0.717, 1.165) is 32.2 Å². The zero-order chi connectivity index (χ0) is 19.5. The van der Waals surface area contributed by atoms with Gasteiger partial charge in [-0.3, -0.25) is 14.4 Å². The highest BCUT2D eigenvalue weighted by Gasteiger charge is 2.34. The summed E-state index contributed by atoms with van der Waals surface area (Å²) >= 11 is 0. The molecule has 0 saturated carbocycles. The normalized spacial score (nSPS) is 20.2. The molecular formula is C19H36N4O3. The van der Waals surface area contributed by atoms with Gasteiger partial charge in [0.15, 0.2) is 0 Å². The zero-order valence-corrected chi connectivity index (χ0v) is 16.7. The lowest BCUT2D eigenvalue weighted by molar-refractivity contribution is -0.138. The molecule has 0 spiro atoms. The van der Waals surface area contributed by atoms with Crippen molar-refractivity contribution in [1.82, 2.24) is 21.3 Å². The lowest BCUT2D eigenvalue weighted by Crippen LogP contribution is -2.62. The molecule has 3 amide bonds. The molecule has 1 saturated heterocycles. The summed E-state index contributed by atoms with van der Waals surface area (Å²) in [7, 11) is 0. The second-order valence-corrected chi connectivity index (χ2v) is 7.82. The average molecular weight is 369 g/mol. The van der Waals surface area contributed by atoms with E-state index in [1.807, 2.05) is 0 Å². The van der Waals surface area contributed by atoms with E-state index in [1.54, 1.807) is 0 Å². The van der Waals surface area contributed by atoms with Crippen molar-refractivity contribution >= 4 is 17.7 Å². The molecule has 0 aromatic rings. The van der Waals surface area contributed by atoms with Crippen molar-refractivity contribution in [3.8, 4) is 0 Å². The minimum atomic E-state index is -0.775. The molecule has 7 nitrogen and oxygen atoms in total. The Morgan fingerprint density at radius 1 is 0.962 bits per heavy atom. The summed E-state index contributed by atoms with van der Waals surface area (Å²) in [5.41, 5.74) is 0. The third kappa shape index (κ3) is 9.17. The predicted octanol–water partition coefficient (Wildman–Crippen LogP) is 1.08. The van der Waals surface area contributed by atoms with Crippen molar-refractivity contribution in [2.45, 2.75) is 84.3 Å². The molecule has 1 rings (SSSR count). The Kier molecular flexibility index (Phi) is 10.2. The number of piperazine rings is 1. The van der Waals surface area contributed by atoms with Crippen LogP contribution >= 0.6 is 0 Å². The third-order valence-electron chi connectivity index (χ3n) is 4.41. The van der Waals surface area contributed by atoms with Gasteiger partial charge in [0.1, 0.15) is 12.1 Å². The molecule has 1 aliphatic rings. The van der Waals surface area contributed by atoms with E-state index in [1.165, 1.54) is 0 Å². The molecule has 0 aliphatic carbocycles. The first-order valence-electron chi connectivity index (χ1n) is 9.90. The summed E-state index contributed by atoms with van der Waals surface area (Å²) in [5.74, 6) is -0.0132. The van der Waals surface area contributed by atoms with Gasteiger partial charge in [0.05, 0.1) is 6.42 Å². The van der Waals surface area contributed by atoms with Gasteiger partial charge in [0, 0.05) is 12.6 Å². The van der Waals surface area contributed by atoms with Crippen molar-refractivity contribution in [2.75, 3.05) is 13.1 Å². The summed E-state index contributed by atoms with van der Waals surface area (Å²) in [5, 5.41) is 11.5. The fourth-order valence-corrected chi connectivity index (χ4v) is 2.88. The number of hydrogen-bond acceptors (Lipinski definition) is 4. The van der Waals surface area contributed by atoms with E-state index in [9.17, 15) is 14.4 Å². The van der Waals surface area contributed by atoms with Gasteiger partial charge in [-0.15, -0.1) is 0 Å². The molecule has 2 atom stereocenters. The Balaban J connectivity index is 2.26. The predicted molar refractivity (Wildman–Crippen MR) is 103 cm³/mol. The summed E-state index contributed by atoms with van der Waals surface area (Å²) < 4.78 is 0. The number of rotatable bonds is 12. The van der Waals surface area contributed by atoms with Crippen LogP contribution in [0.25, 0.3) is 0 Å². The van der Waals surface area contributed by atoms with E-state index >= 15 is 0 Å². The second-order valence-electron chi connectivity index (χ2n) is 7.82. The van der Waals surface area contributed by atoms with E-state index in [4.69, 9.17) is 0 Å². The van der Waals surface area contributed by atoms with Crippen LogP contribution in [0.1, 0.15) is 66.2 Å². The van der Waals surface area contributed by atoms with Crippen molar-refractivity contribution in [3.63, 3.8) is 0 Å². The molecule has 150 valence electrons. The lowest BCUT2D eigenvalue weighted by atomic mass is 10.0. The monoisotopic (exact) mass is 368 g/mol. The number of carbonyl (C=O) groups excluding carboxylic acids is 3. The quantitative estimate of drug-likeness (QED) is 0.387. The number of hydrogen-bond donors (Lipinski definition) is 4. The van der Waals surface area contributed by atoms with Gasteiger partial charge in [-0.05, 0) is 31.7 Å². The van der Waals surface area contributed by atoms with E-state index in [2.05, 4.69) is 49.0 Å². The van der Waals surface area contributed by atoms with Crippen LogP contribution in [0.2, 0.25) is 0 Å². The molecule has 0 aromatic carbocycles. The van der Waals surface area contributed by atoms with Crippen LogP contribution in [0.15, 0.2) is 0 Å². The smallest absolute Gasteiger partial charge is 0.243 e. The Morgan fingerprint density at radius 3 is 2.27 bits per heavy atom. The first kappa shape index (κ1) is 22.4. The number of carbonyl (C=O) groups is 3. The Morgan fingerprint density at radius 2 is 1.62 bits per heavy atom. The highest BCUT2D eigenvalue weighted by atomic mass is 16.2. The summed E-state index contributed by atoms with van der Waals surface area (Å²) in [6.07, 6.45) is 4.53. The topological polar surface area (TPSA) is 99.3 Å². The molecule has 0 aromatic heterocycles. The van der Waals surface area contributed by atoms with E-state index < -0.39 is 12.1 Å². The molecule has 1 heterocycles. The average Bonchev–Trinajstić information content (AvgIpc) is 2.54. The minimum Gasteiger partial charge on any atom is -0.356 e. The first-order chi connectivity index (χ1) is 12.3. The molecule has 1 aliphatic heterocycles. The fourth-order valence-electron chi connectivity index (χ4n) is 2.88. The van der Waals surface area contributed by atoms with Gasteiger partial charge in [-0.1, -0.05) is 40.5 Å². The van der Waals surface area contributed by atoms with Crippen LogP contribution in [-0.4, -0.2) is 48.9 Å². The molecule has 0 unspecified atom stereocenters. The molecule has 7 heteroatoms. The van der Waals surface area contributed by atoms with Gasteiger partial charge < -0.3 is 21.3 Å². The van der Waals surface area contributed by atoms with Crippen molar-refractivity contribution in [2.24, 2.45) is 5.92 Å². The van der Waals surface area contributed by atoms with Gasteiger partial charge in [-0.2, -0.15) is 0 Å². The van der Waals surface area contributed by atoms with Gasteiger partial charge >= 0.3 is 0 Å². The van der Waals surface area contributed by atoms with E-state index in [-0.39, 0.29) is 24.1 Å². The molecule has 26 heavy (non-hydrogen) atoms. The standard InChI is InChI=1S/C19H36N4O3/c1-13(2)8-5-6-10-21-17(24)12-16-19(26)22-15(18(25)23-16)9-7-11-20-14(3)4/h13-16,20H,5-12H2,1-4H3,(H,21,24)(H,22,26)(H,23,25)/t15-,16-/m1/s1. The van der Waals surface area contributed by atoms with Gasteiger partial charge in [-0.25, -0.2) is 0 Å². The van der Waals surface area contributed by atoms with Crippen molar-refractivity contribution in [3.05, 3.63) is 0 Å². The molecule has 1 fully saturated rings. The van der Waals surface area contributed by atoms with Gasteiger partial charge in [0.2, 0.25) is 17.7 Å². The zero-order valence-electron chi connectivity index (χ0n) is 16.7. The van der Waals surface area contributed by atoms with Crippen LogP contribution < -0.4 is 21.3 Å². The summed E-state index contributed by atoms with van der Waals surface area (Å²) in [4.78, 5) is 36.3. The molecule has 0 radical (unpaired) electrons. The highest BCUT2D eigenvalue weighted by molar-refractivity contribution is 5.99. The first-order valence-corrected chi connectivity index (χ1v) is 9.90. The van der Waals surface area contributed by atoms with Crippen LogP contribution in [0.5, 0.6) is 0 Å². The van der Waals surface area contributed by atoms with Crippen LogP contribution in [0.4, 0.5) is 0 Å².